The Hall–Kier alpha value is -0.410. The molecule has 5 nitrogen and oxygen atoms in total. The zero-order chi connectivity index (χ0) is 17.2. The minimum absolute atomic E-state index is 0. The van der Waals surface area contributed by atoms with E-state index >= 15 is 0 Å². The molecule has 0 bridgehead atoms. The Morgan fingerprint density at radius 1 is 1.36 bits per heavy atom. The van der Waals surface area contributed by atoms with Crippen LogP contribution in [0.25, 0.3) is 0 Å². The van der Waals surface area contributed by atoms with Gasteiger partial charge in [-0.1, -0.05) is 6.42 Å². The Labute approximate surface area is 174 Å². The summed E-state index contributed by atoms with van der Waals surface area (Å²) >= 11 is 1.72. The zero-order valence-electron chi connectivity index (χ0n) is 15.9. The Morgan fingerprint density at radius 3 is 2.88 bits per heavy atom. The number of hydrogen-bond acceptors (Lipinski definition) is 4. The summed E-state index contributed by atoms with van der Waals surface area (Å²) in [6, 6.07) is 0.771. The maximum absolute atomic E-state index is 4.63. The number of aliphatic imine (C=N–C) groups is 1. The van der Waals surface area contributed by atoms with Crippen molar-refractivity contribution in [2.24, 2.45) is 4.99 Å². The van der Waals surface area contributed by atoms with Gasteiger partial charge in [0, 0.05) is 30.2 Å². The molecule has 2 heterocycles. The number of thiazole rings is 1. The number of aryl methyl sites for hydroxylation is 1. The SMILES string of the molecule is CCNC(=NCc1ncc(C)s1)NCCCCN1CCCCC1C.I. The van der Waals surface area contributed by atoms with Gasteiger partial charge < -0.3 is 15.5 Å². The summed E-state index contributed by atoms with van der Waals surface area (Å²) in [6.07, 6.45) is 8.49. The summed E-state index contributed by atoms with van der Waals surface area (Å²) in [5.41, 5.74) is 0. The van der Waals surface area contributed by atoms with Crippen molar-refractivity contribution >= 4 is 41.3 Å². The molecule has 2 N–H and O–H groups in total. The van der Waals surface area contributed by atoms with Gasteiger partial charge in [-0.15, -0.1) is 35.3 Å². The number of piperidine rings is 1. The van der Waals surface area contributed by atoms with Crippen LogP contribution in [0, 0.1) is 6.92 Å². The summed E-state index contributed by atoms with van der Waals surface area (Å²) in [4.78, 5) is 12.9. The predicted octanol–water partition coefficient (Wildman–Crippen LogP) is 3.78. The number of halogens is 1. The van der Waals surface area contributed by atoms with Crippen LogP contribution in [0.15, 0.2) is 11.2 Å². The average Bonchev–Trinajstić information content (AvgIpc) is 2.99. The molecule has 2 rings (SSSR count). The van der Waals surface area contributed by atoms with E-state index < -0.39 is 0 Å². The summed E-state index contributed by atoms with van der Waals surface area (Å²) in [5, 5.41) is 7.83. The van der Waals surface area contributed by atoms with Crippen molar-refractivity contribution in [3.63, 3.8) is 0 Å². The molecule has 0 amide bonds. The van der Waals surface area contributed by atoms with Gasteiger partial charge in [-0.3, -0.25) is 0 Å². The van der Waals surface area contributed by atoms with Crippen molar-refractivity contribution in [3.8, 4) is 0 Å². The highest BCUT2D eigenvalue weighted by Crippen LogP contribution is 2.16. The lowest BCUT2D eigenvalue weighted by Gasteiger charge is -2.33. The Bertz CT molecular complexity index is 505. The molecule has 25 heavy (non-hydrogen) atoms. The van der Waals surface area contributed by atoms with Crippen molar-refractivity contribution in [1.29, 1.82) is 0 Å². The second-order valence-electron chi connectivity index (χ2n) is 6.57. The Morgan fingerprint density at radius 2 is 2.20 bits per heavy atom. The molecular formula is C18H34IN5S. The standard InChI is InChI=1S/C18H33N5S.HI/c1-4-19-18(22-14-17-21-13-16(3)24-17)20-10-6-8-12-23-11-7-5-9-15(23)2;/h13,15H,4-12,14H2,1-3H3,(H2,19,20,22);1H. The van der Waals surface area contributed by atoms with E-state index in [9.17, 15) is 0 Å². The number of likely N-dealkylation sites (tertiary alicyclic amines) is 1. The van der Waals surface area contributed by atoms with Crippen LogP contribution in [0.1, 0.15) is 55.8 Å². The van der Waals surface area contributed by atoms with Gasteiger partial charge in [0.25, 0.3) is 0 Å². The molecule has 0 aliphatic carbocycles. The first-order chi connectivity index (χ1) is 11.7. The van der Waals surface area contributed by atoms with E-state index in [-0.39, 0.29) is 24.0 Å². The minimum Gasteiger partial charge on any atom is -0.357 e. The summed E-state index contributed by atoms with van der Waals surface area (Å²) in [7, 11) is 0. The number of nitrogens with zero attached hydrogens (tertiary/aromatic N) is 3. The predicted molar refractivity (Wildman–Crippen MR) is 119 cm³/mol. The maximum atomic E-state index is 4.63. The molecule has 1 aromatic heterocycles. The third-order valence-electron chi connectivity index (χ3n) is 4.49. The van der Waals surface area contributed by atoms with Crippen LogP contribution in [0.5, 0.6) is 0 Å². The molecule has 1 aromatic rings. The lowest BCUT2D eigenvalue weighted by atomic mass is 10.0. The van der Waals surface area contributed by atoms with E-state index in [1.54, 1.807) is 11.3 Å². The van der Waals surface area contributed by atoms with Crippen molar-refractivity contribution in [2.45, 2.75) is 65.5 Å². The molecule has 1 unspecified atom stereocenters. The maximum Gasteiger partial charge on any atom is 0.191 e. The van der Waals surface area contributed by atoms with Crippen LogP contribution in [-0.4, -0.2) is 48.1 Å². The highest BCUT2D eigenvalue weighted by Gasteiger charge is 2.16. The van der Waals surface area contributed by atoms with Crippen LogP contribution in [0.4, 0.5) is 0 Å². The third-order valence-corrected chi connectivity index (χ3v) is 5.39. The van der Waals surface area contributed by atoms with Gasteiger partial charge in [-0.25, -0.2) is 9.98 Å². The number of rotatable bonds is 8. The second-order valence-corrected chi connectivity index (χ2v) is 7.89. The molecule has 144 valence electrons. The van der Waals surface area contributed by atoms with Crippen LogP contribution < -0.4 is 10.6 Å². The molecular weight excluding hydrogens is 445 g/mol. The van der Waals surface area contributed by atoms with E-state index in [1.165, 1.54) is 50.1 Å². The van der Waals surface area contributed by atoms with E-state index in [0.717, 1.165) is 30.1 Å². The smallest absolute Gasteiger partial charge is 0.191 e. The first-order valence-electron chi connectivity index (χ1n) is 9.36. The van der Waals surface area contributed by atoms with Gasteiger partial charge >= 0.3 is 0 Å². The molecule has 0 radical (unpaired) electrons. The number of unbranched alkanes of at least 4 members (excludes halogenated alkanes) is 1. The van der Waals surface area contributed by atoms with Crippen molar-refractivity contribution < 1.29 is 0 Å². The fourth-order valence-electron chi connectivity index (χ4n) is 3.10. The number of aromatic nitrogens is 1. The normalized spacial score (nSPS) is 18.7. The second kappa shape index (κ2) is 12.9. The van der Waals surface area contributed by atoms with E-state index in [1.807, 2.05) is 6.20 Å². The summed E-state index contributed by atoms with van der Waals surface area (Å²) in [6.45, 7) is 11.6. The topological polar surface area (TPSA) is 52.6 Å². The quantitative estimate of drug-likeness (QED) is 0.258. The minimum atomic E-state index is 0. The van der Waals surface area contributed by atoms with Crippen molar-refractivity contribution in [1.82, 2.24) is 20.5 Å². The van der Waals surface area contributed by atoms with Gasteiger partial charge in [0.15, 0.2) is 5.96 Å². The van der Waals surface area contributed by atoms with Crippen molar-refractivity contribution in [3.05, 3.63) is 16.1 Å². The van der Waals surface area contributed by atoms with Crippen LogP contribution in [-0.2, 0) is 6.54 Å². The van der Waals surface area contributed by atoms with Crippen LogP contribution in [0.3, 0.4) is 0 Å². The molecule has 1 atom stereocenters. The molecule has 1 aliphatic heterocycles. The molecule has 7 heteroatoms. The molecule has 0 aromatic carbocycles. The van der Waals surface area contributed by atoms with Crippen LogP contribution in [0.2, 0.25) is 0 Å². The molecule has 1 fully saturated rings. The van der Waals surface area contributed by atoms with Crippen LogP contribution >= 0.6 is 35.3 Å². The number of nitrogens with one attached hydrogen (secondary N) is 2. The largest absolute Gasteiger partial charge is 0.357 e. The molecule has 1 aliphatic rings. The number of guanidine groups is 1. The lowest BCUT2D eigenvalue weighted by molar-refractivity contribution is 0.158. The van der Waals surface area contributed by atoms with Gasteiger partial charge in [-0.2, -0.15) is 0 Å². The first-order valence-corrected chi connectivity index (χ1v) is 10.2. The Balaban J connectivity index is 0.00000312. The lowest BCUT2D eigenvalue weighted by Crippen LogP contribution is -2.39. The third kappa shape index (κ3) is 8.68. The highest BCUT2D eigenvalue weighted by atomic mass is 127. The molecule has 0 saturated carbocycles. The van der Waals surface area contributed by atoms with E-state index in [0.29, 0.717) is 6.54 Å². The Kier molecular flexibility index (Phi) is 11.6. The fourth-order valence-corrected chi connectivity index (χ4v) is 3.81. The summed E-state index contributed by atoms with van der Waals surface area (Å²) < 4.78 is 0. The zero-order valence-corrected chi connectivity index (χ0v) is 19.0. The monoisotopic (exact) mass is 479 g/mol. The molecule has 1 saturated heterocycles. The van der Waals surface area contributed by atoms with Gasteiger partial charge in [0.1, 0.15) is 5.01 Å². The van der Waals surface area contributed by atoms with Crippen molar-refractivity contribution in [2.75, 3.05) is 26.2 Å². The van der Waals surface area contributed by atoms with E-state index in [2.05, 4.69) is 46.3 Å². The average molecular weight is 479 g/mol. The highest BCUT2D eigenvalue weighted by molar-refractivity contribution is 14.0. The van der Waals surface area contributed by atoms with E-state index in [4.69, 9.17) is 0 Å². The number of hydrogen-bond donors (Lipinski definition) is 2. The first kappa shape index (κ1) is 22.6. The van der Waals surface area contributed by atoms with Gasteiger partial charge in [0.05, 0.1) is 6.54 Å². The van der Waals surface area contributed by atoms with Gasteiger partial charge in [0.2, 0.25) is 0 Å². The van der Waals surface area contributed by atoms with Gasteiger partial charge in [-0.05, 0) is 59.5 Å². The summed E-state index contributed by atoms with van der Waals surface area (Å²) in [5.74, 6) is 0.900. The fraction of sp³-hybridized carbons (Fsp3) is 0.778. The molecule has 0 spiro atoms.